The fourth-order valence-corrected chi connectivity index (χ4v) is 5.15. The van der Waals surface area contributed by atoms with E-state index in [9.17, 15) is 19.2 Å². The molecule has 0 spiro atoms. The van der Waals surface area contributed by atoms with Crippen LogP contribution < -0.4 is 20.3 Å². The van der Waals surface area contributed by atoms with Gasteiger partial charge in [0.25, 0.3) is 0 Å². The molecule has 0 bridgehead atoms. The van der Waals surface area contributed by atoms with Gasteiger partial charge in [-0.3, -0.25) is 0 Å². The van der Waals surface area contributed by atoms with Crippen molar-refractivity contribution in [2.24, 2.45) is 5.92 Å². The molecule has 1 aliphatic rings. The van der Waals surface area contributed by atoms with Gasteiger partial charge in [-0.25, -0.2) is 0 Å². The molecule has 1 aliphatic heterocycles. The number of amides is 2. The van der Waals surface area contributed by atoms with Crippen molar-refractivity contribution in [1.82, 2.24) is 20.3 Å². The average molecular weight is 496 g/mol. The van der Waals surface area contributed by atoms with E-state index in [4.69, 9.17) is 5.11 Å². The topological polar surface area (TPSA) is 137 Å². The van der Waals surface area contributed by atoms with Gasteiger partial charge < -0.3 is 0 Å². The number of nitrogens with one attached hydrogen (secondary N) is 4. The van der Waals surface area contributed by atoms with Crippen molar-refractivity contribution < 1.29 is 24.3 Å². The Morgan fingerprint density at radius 3 is 2.59 bits per heavy atom. The third-order valence-corrected chi connectivity index (χ3v) is 7.23. The van der Waals surface area contributed by atoms with Crippen molar-refractivity contribution >= 4 is 49.4 Å². The standard InChI is InChI=1S/C18H32N4O5SSe/c1-4-11(2)15(21-17(26)12-6-5-8-19-12)18(27)29-22-13(7-9-28-3)16(25)20-10-14(23)24/h11-13,15,19,22H,4-10H2,1-3H3,(H,20,25)(H,21,26)(H,23,24)/t11-,12-,13-,15-/m0/s1. The average Bonchev–Trinajstić information content (AvgIpc) is 3.24. The second-order valence-corrected chi connectivity index (χ2v) is 9.76. The van der Waals surface area contributed by atoms with Crippen LogP contribution >= 0.6 is 11.8 Å². The Morgan fingerprint density at radius 2 is 2.03 bits per heavy atom. The Labute approximate surface area is 182 Å². The fraction of sp³-hybridized carbons (Fsp3) is 0.778. The molecule has 29 heavy (non-hydrogen) atoms. The van der Waals surface area contributed by atoms with E-state index in [2.05, 4.69) is 20.3 Å². The summed E-state index contributed by atoms with van der Waals surface area (Å²) in [7, 11) is 0. The number of hydrogen-bond acceptors (Lipinski definition) is 7. The summed E-state index contributed by atoms with van der Waals surface area (Å²) in [4.78, 5) is 48.2. The SMILES string of the molecule is CC[C@H](C)[C@H](NC(=O)[C@@H]1CCCN1)C(=O)[Se]N[C@@H](CCSC)C(=O)NCC(=O)O. The van der Waals surface area contributed by atoms with E-state index >= 15 is 0 Å². The number of carboxylic acid groups (broad SMARTS) is 1. The Balaban J connectivity index is 2.69. The monoisotopic (exact) mass is 496 g/mol. The van der Waals surface area contributed by atoms with E-state index in [1.165, 1.54) is 0 Å². The first kappa shape index (κ1) is 25.9. The predicted octanol–water partition coefficient (Wildman–Crippen LogP) is -0.673. The Morgan fingerprint density at radius 1 is 1.31 bits per heavy atom. The number of carbonyl (C=O) groups excluding carboxylic acids is 3. The summed E-state index contributed by atoms with van der Waals surface area (Å²) in [6, 6.07) is -1.51. The van der Waals surface area contributed by atoms with E-state index in [1.807, 2.05) is 20.1 Å². The zero-order chi connectivity index (χ0) is 21.8. The third-order valence-electron chi connectivity index (χ3n) is 4.78. The van der Waals surface area contributed by atoms with Crippen LogP contribution in [0.3, 0.4) is 0 Å². The van der Waals surface area contributed by atoms with Gasteiger partial charge in [0.2, 0.25) is 0 Å². The molecule has 0 aromatic carbocycles. The summed E-state index contributed by atoms with van der Waals surface area (Å²) in [6.07, 6.45) is 4.83. The second kappa shape index (κ2) is 14.0. The van der Waals surface area contributed by atoms with Crippen LogP contribution in [0, 0.1) is 5.92 Å². The van der Waals surface area contributed by atoms with Crippen molar-refractivity contribution in [3.8, 4) is 0 Å². The molecule has 2 amide bonds. The Hall–Kier alpha value is -1.13. The van der Waals surface area contributed by atoms with E-state index in [1.54, 1.807) is 11.8 Å². The molecular formula is C18H32N4O5SSe. The zero-order valence-corrected chi connectivity index (χ0v) is 19.7. The van der Waals surface area contributed by atoms with Gasteiger partial charge in [0.1, 0.15) is 0 Å². The fourth-order valence-electron chi connectivity index (χ4n) is 2.79. The second-order valence-electron chi connectivity index (χ2n) is 7.01. The van der Waals surface area contributed by atoms with Gasteiger partial charge in [-0.1, -0.05) is 0 Å². The molecule has 11 heteroatoms. The van der Waals surface area contributed by atoms with Gasteiger partial charge in [0.05, 0.1) is 0 Å². The molecule has 0 saturated carbocycles. The summed E-state index contributed by atoms with van der Waals surface area (Å²) in [6.45, 7) is 4.23. The van der Waals surface area contributed by atoms with Crippen LogP contribution in [0.15, 0.2) is 0 Å². The summed E-state index contributed by atoms with van der Waals surface area (Å²) in [5, 5.41) is 17.1. The molecule has 0 aromatic rings. The summed E-state index contributed by atoms with van der Waals surface area (Å²) < 4.78 is 2.88. The zero-order valence-electron chi connectivity index (χ0n) is 17.2. The molecule has 0 aromatic heterocycles. The third kappa shape index (κ3) is 9.48. The van der Waals surface area contributed by atoms with Crippen molar-refractivity contribution in [1.29, 1.82) is 0 Å². The summed E-state index contributed by atoms with van der Waals surface area (Å²) >= 11 is 0.837. The van der Waals surface area contributed by atoms with Crippen LogP contribution in [0.2, 0.25) is 0 Å². The molecule has 166 valence electrons. The Kier molecular flexibility index (Phi) is 12.5. The maximum atomic E-state index is 12.9. The molecule has 5 N–H and O–H groups in total. The van der Waals surface area contributed by atoms with Crippen molar-refractivity contribution in [3.63, 3.8) is 0 Å². The minimum atomic E-state index is -1.12. The van der Waals surface area contributed by atoms with Crippen LogP contribution in [0.1, 0.15) is 39.5 Å². The number of carboxylic acids is 1. The van der Waals surface area contributed by atoms with Crippen LogP contribution in [-0.2, 0) is 19.2 Å². The molecule has 0 aliphatic carbocycles. The maximum absolute atomic E-state index is 12.9. The van der Waals surface area contributed by atoms with Crippen molar-refractivity contribution in [2.45, 2.75) is 57.7 Å². The number of thioether (sulfide) groups is 1. The molecular weight excluding hydrogens is 463 g/mol. The van der Waals surface area contributed by atoms with E-state index < -0.39 is 45.7 Å². The van der Waals surface area contributed by atoms with Gasteiger partial charge in [0, 0.05) is 0 Å². The predicted molar refractivity (Wildman–Crippen MR) is 114 cm³/mol. The van der Waals surface area contributed by atoms with Crippen LogP contribution in [0.25, 0.3) is 0 Å². The Bertz CT molecular complexity index is 574. The molecule has 0 unspecified atom stereocenters. The summed E-state index contributed by atoms with van der Waals surface area (Å²) in [5.41, 5.74) is 0. The van der Waals surface area contributed by atoms with Gasteiger partial charge >= 0.3 is 183 Å². The number of aliphatic carboxylic acids is 1. The van der Waals surface area contributed by atoms with E-state index in [0.717, 1.165) is 25.8 Å². The van der Waals surface area contributed by atoms with Gasteiger partial charge in [-0.15, -0.1) is 0 Å². The van der Waals surface area contributed by atoms with Crippen LogP contribution in [0.4, 0.5) is 0 Å². The molecule has 0 radical (unpaired) electrons. The number of hydrogen-bond donors (Lipinski definition) is 5. The van der Waals surface area contributed by atoms with Gasteiger partial charge in [0.15, 0.2) is 0 Å². The molecule has 1 fully saturated rings. The normalized spacial score (nSPS) is 19.2. The van der Waals surface area contributed by atoms with Crippen molar-refractivity contribution in [3.05, 3.63) is 0 Å². The minimum absolute atomic E-state index is 0.0259. The van der Waals surface area contributed by atoms with Gasteiger partial charge in [-0.2, -0.15) is 0 Å². The first-order valence-electron chi connectivity index (χ1n) is 9.78. The quantitative estimate of drug-likeness (QED) is 0.200. The molecule has 9 nitrogen and oxygen atoms in total. The number of carbonyl (C=O) groups is 4. The van der Waals surface area contributed by atoms with Crippen LogP contribution in [-0.4, -0.2) is 86.0 Å². The molecule has 1 rings (SSSR count). The first-order chi connectivity index (χ1) is 13.8. The van der Waals surface area contributed by atoms with Crippen LogP contribution in [0.5, 0.6) is 0 Å². The van der Waals surface area contributed by atoms with E-state index in [-0.39, 0.29) is 22.5 Å². The molecule has 1 saturated heterocycles. The van der Waals surface area contributed by atoms with Gasteiger partial charge in [-0.05, 0) is 0 Å². The summed E-state index contributed by atoms with van der Waals surface area (Å²) in [5.74, 6) is -1.04. The number of rotatable bonds is 14. The molecule has 4 atom stereocenters. The van der Waals surface area contributed by atoms with Crippen molar-refractivity contribution in [2.75, 3.05) is 25.1 Å². The first-order valence-corrected chi connectivity index (χ1v) is 12.9. The molecule has 1 heterocycles. The van der Waals surface area contributed by atoms with E-state index in [0.29, 0.717) is 12.2 Å².